The molecule has 6 nitrogen and oxygen atoms in total. The van der Waals surface area contributed by atoms with E-state index in [-0.39, 0.29) is 12.3 Å². The molecule has 1 N–H and O–H groups in total. The Labute approximate surface area is 247 Å². The topological polar surface area (TPSA) is 71.8 Å². The summed E-state index contributed by atoms with van der Waals surface area (Å²) < 4.78 is 9.33. The number of hydrogen-bond acceptors (Lipinski definition) is 3. The lowest BCUT2D eigenvalue weighted by molar-refractivity contribution is -0.160. The molecule has 1 aliphatic heterocycles. The minimum atomic E-state index is -1.25. The molecule has 0 saturated heterocycles. The number of carbonyl (C=O) groups is 2. The molecule has 208 valence electrons. The van der Waals surface area contributed by atoms with Crippen molar-refractivity contribution in [3.63, 3.8) is 0 Å². The maximum atomic E-state index is 13.9. The molecule has 1 amide bonds. The molecule has 0 radical (unpaired) electrons. The minimum Gasteiger partial charge on any atom is -0.479 e. The van der Waals surface area contributed by atoms with Crippen LogP contribution in [0.3, 0.4) is 0 Å². The number of carbonyl (C=O) groups excluding carboxylic acids is 1. The number of halogens is 2. The second kappa shape index (κ2) is 10.7. The monoisotopic (exact) mass is 622 g/mol. The number of aliphatic carboxylic acids is 1. The van der Waals surface area contributed by atoms with E-state index in [4.69, 9.17) is 16.3 Å². The smallest absolute Gasteiger partial charge is 0.337 e. The Morgan fingerprint density at radius 1 is 1.07 bits per heavy atom. The first kappa shape index (κ1) is 28.4. The fourth-order valence-electron chi connectivity index (χ4n) is 5.68. The zero-order valence-corrected chi connectivity index (χ0v) is 25.6. The van der Waals surface area contributed by atoms with Gasteiger partial charge >= 0.3 is 5.97 Å². The van der Waals surface area contributed by atoms with Crippen molar-refractivity contribution in [1.82, 2.24) is 4.57 Å². The van der Waals surface area contributed by atoms with E-state index in [0.29, 0.717) is 29.2 Å². The number of hydrogen-bond donors (Lipinski definition) is 1. The number of amides is 1. The average Bonchev–Trinajstić information content (AvgIpc) is 3.22. The Kier molecular flexibility index (Phi) is 7.59. The lowest BCUT2D eigenvalue weighted by atomic mass is 9.87. The van der Waals surface area contributed by atoms with Crippen molar-refractivity contribution in [1.29, 1.82) is 0 Å². The van der Waals surface area contributed by atoms with Crippen molar-refractivity contribution in [2.24, 2.45) is 0 Å². The molecule has 5 rings (SSSR count). The van der Waals surface area contributed by atoms with E-state index >= 15 is 0 Å². The highest BCUT2D eigenvalue weighted by molar-refractivity contribution is 9.10. The van der Waals surface area contributed by atoms with Crippen molar-refractivity contribution in [3.8, 4) is 11.1 Å². The molecule has 0 saturated carbocycles. The molecule has 40 heavy (non-hydrogen) atoms. The summed E-state index contributed by atoms with van der Waals surface area (Å²) >= 11 is 9.81. The summed E-state index contributed by atoms with van der Waals surface area (Å²) in [6.45, 7) is 10.6. The van der Waals surface area contributed by atoms with Gasteiger partial charge in [-0.2, -0.15) is 0 Å². The largest absolute Gasteiger partial charge is 0.479 e. The number of anilines is 1. The van der Waals surface area contributed by atoms with Crippen molar-refractivity contribution < 1.29 is 19.4 Å². The Bertz CT molecular complexity index is 1640. The number of aryl methyl sites for hydroxylation is 1. The number of carboxylic acids is 1. The van der Waals surface area contributed by atoms with Gasteiger partial charge in [-0.3, -0.25) is 4.79 Å². The molecule has 0 spiro atoms. The molecule has 2 heterocycles. The van der Waals surface area contributed by atoms with Crippen molar-refractivity contribution >= 4 is 56.0 Å². The highest BCUT2D eigenvalue weighted by atomic mass is 79.9. The van der Waals surface area contributed by atoms with E-state index in [0.717, 1.165) is 43.4 Å². The SMILES string of the molecule is Cc1c([C@H](OC(C)(C)C)C(=O)O)c(-c2ccc(Cl)cc2)c2cc(C)n3c2c1N(C(=O)Cc1ccccc1Br)CC3. The highest BCUT2D eigenvalue weighted by Crippen LogP contribution is 2.48. The minimum absolute atomic E-state index is 0.0461. The van der Waals surface area contributed by atoms with E-state index in [1.54, 1.807) is 12.1 Å². The standard InChI is InChI=1S/C32H32BrClN2O4/c1-18-16-23-27(20-10-12-22(34)13-11-20)26(30(31(38)39)40-32(3,4)5)19(2)28-29(23)35(18)14-15-36(28)25(37)17-21-8-6-7-9-24(21)33/h6-13,16,30H,14-15,17H2,1-5H3,(H,38,39)/t30-/m0/s1. The maximum absolute atomic E-state index is 13.9. The summed E-state index contributed by atoms with van der Waals surface area (Å²) in [5.41, 5.74) is 5.77. The average molecular weight is 624 g/mol. The van der Waals surface area contributed by atoms with Crippen molar-refractivity contribution in [2.45, 2.75) is 59.3 Å². The van der Waals surface area contributed by atoms with Gasteiger partial charge in [0.2, 0.25) is 5.91 Å². The van der Waals surface area contributed by atoms with Gasteiger partial charge in [0, 0.05) is 39.2 Å². The second-order valence-electron chi connectivity index (χ2n) is 11.2. The van der Waals surface area contributed by atoms with Crippen LogP contribution in [0.4, 0.5) is 5.69 Å². The molecule has 4 aromatic rings. The zero-order valence-electron chi connectivity index (χ0n) is 23.2. The molecule has 0 fully saturated rings. The van der Waals surface area contributed by atoms with Crippen LogP contribution in [0.2, 0.25) is 5.02 Å². The quantitative estimate of drug-likeness (QED) is 0.237. The van der Waals surface area contributed by atoms with Crippen LogP contribution < -0.4 is 4.90 Å². The number of benzene rings is 3. The maximum Gasteiger partial charge on any atom is 0.337 e. The van der Waals surface area contributed by atoms with Gasteiger partial charge in [0.05, 0.1) is 23.2 Å². The Balaban J connectivity index is 1.81. The molecule has 8 heteroatoms. The number of carboxylic acid groups (broad SMARTS) is 1. The van der Waals surface area contributed by atoms with Crippen LogP contribution in [0, 0.1) is 13.8 Å². The fourth-order valence-corrected chi connectivity index (χ4v) is 6.23. The molecular weight excluding hydrogens is 592 g/mol. The summed E-state index contributed by atoms with van der Waals surface area (Å²) in [5.74, 6) is -1.13. The third-order valence-corrected chi connectivity index (χ3v) is 8.36. The Morgan fingerprint density at radius 2 is 1.75 bits per heavy atom. The summed E-state index contributed by atoms with van der Waals surface area (Å²) in [6, 6.07) is 17.2. The summed E-state index contributed by atoms with van der Waals surface area (Å²) in [5, 5.41) is 12.0. The van der Waals surface area contributed by atoms with Crippen LogP contribution in [-0.2, 0) is 27.3 Å². The van der Waals surface area contributed by atoms with Gasteiger partial charge in [-0.05, 0) is 81.1 Å². The summed E-state index contributed by atoms with van der Waals surface area (Å²) in [6.07, 6.45) is -1.03. The number of nitrogens with zero attached hydrogens (tertiary/aromatic N) is 2. The van der Waals surface area contributed by atoms with Gasteiger partial charge in [0.25, 0.3) is 0 Å². The molecular formula is C32H32BrClN2O4. The molecule has 3 aromatic carbocycles. The Hall–Kier alpha value is -3.13. The highest BCUT2D eigenvalue weighted by Gasteiger charge is 2.37. The summed E-state index contributed by atoms with van der Waals surface area (Å²) in [4.78, 5) is 28.6. The molecule has 1 atom stereocenters. The van der Waals surface area contributed by atoms with Gasteiger partial charge in [-0.1, -0.05) is 57.9 Å². The van der Waals surface area contributed by atoms with E-state index in [1.807, 2.05) is 75.9 Å². The van der Waals surface area contributed by atoms with Gasteiger partial charge in [-0.15, -0.1) is 0 Å². The zero-order chi connectivity index (χ0) is 28.9. The fraction of sp³-hybridized carbons (Fsp3) is 0.312. The lowest BCUT2D eigenvalue weighted by Gasteiger charge is -2.35. The van der Waals surface area contributed by atoms with Gasteiger partial charge in [0.15, 0.2) is 6.10 Å². The predicted molar refractivity (Wildman–Crippen MR) is 163 cm³/mol. The van der Waals surface area contributed by atoms with Crippen LogP contribution in [0.25, 0.3) is 22.0 Å². The van der Waals surface area contributed by atoms with Crippen LogP contribution in [0.1, 0.15) is 49.3 Å². The molecule has 0 aliphatic carbocycles. The first-order chi connectivity index (χ1) is 18.9. The van der Waals surface area contributed by atoms with Crippen molar-refractivity contribution in [3.05, 3.63) is 86.5 Å². The Morgan fingerprint density at radius 3 is 2.38 bits per heavy atom. The third kappa shape index (κ3) is 5.18. The van der Waals surface area contributed by atoms with Crippen LogP contribution >= 0.6 is 27.5 Å². The van der Waals surface area contributed by atoms with E-state index in [9.17, 15) is 14.7 Å². The van der Waals surface area contributed by atoms with Crippen molar-refractivity contribution in [2.75, 3.05) is 11.4 Å². The first-order valence-corrected chi connectivity index (χ1v) is 14.4. The van der Waals surface area contributed by atoms with E-state index in [2.05, 4.69) is 26.6 Å². The second-order valence-corrected chi connectivity index (χ2v) is 12.5. The predicted octanol–water partition coefficient (Wildman–Crippen LogP) is 7.87. The third-order valence-electron chi connectivity index (χ3n) is 7.33. The van der Waals surface area contributed by atoms with E-state index < -0.39 is 17.7 Å². The van der Waals surface area contributed by atoms with Gasteiger partial charge in [0.1, 0.15) is 0 Å². The van der Waals surface area contributed by atoms with E-state index in [1.165, 1.54) is 0 Å². The van der Waals surface area contributed by atoms with Crippen LogP contribution in [0.5, 0.6) is 0 Å². The molecule has 1 aliphatic rings. The number of aromatic nitrogens is 1. The molecule has 1 aromatic heterocycles. The lowest BCUT2D eigenvalue weighted by Crippen LogP contribution is -2.39. The van der Waals surface area contributed by atoms with Crippen LogP contribution in [-0.4, -0.2) is 33.7 Å². The van der Waals surface area contributed by atoms with Gasteiger partial charge in [-0.25, -0.2) is 4.79 Å². The van der Waals surface area contributed by atoms with Crippen LogP contribution in [0.15, 0.2) is 59.1 Å². The normalized spacial score (nSPS) is 14.0. The number of rotatable bonds is 6. The number of ether oxygens (including phenoxy) is 1. The summed E-state index contributed by atoms with van der Waals surface area (Å²) in [7, 11) is 0. The first-order valence-electron chi connectivity index (χ1n) is 13.2. The molecule has 0 unspecified atom stereocenters. The van der Waals surface area contributed by atoms with Gasteiger partial charge < -0.3 is 19.3 Å². The molecule has 0 bridgehead atoms.